The summed E-state index contributed by atoms with van der Waals surface area (Å²) in [7, 11) is 1.69. The van der Waals surface area contributed by atoms with Crippen molar-refractivity contribution in [2.45, 2.75) is 6.42 Å². The predicted molar refractivity (Wildman–Crippen MR) is 105 cm³/mol. The predicted octanol–water partition coefficient (Wildman–Crippen LogP) is 4.73. The summed E-state index contributed by atoms with van der Waals surface area (Å²) in [5.74, 6) is 0.880. The Morgan fingerprint density at radius 3 is 2.73 bits per heavy atom. The fourth-order valence-corrected chi connectivity index (χ4v) is 2.98. The molecule has 4 nitrogen and oxygen atoms in total. The number of ether oxygens (including phenoxy) is 1. The molecule has 0 radical (unpaired) electrons. The highest BCUT2D eigenvalue weighted by molar-refractivity contribution is 5.89. The normalized spacial score (nSPS) is 11.3. The summed E-state index contributed by atoms with van der Waals surface area (Å²) in [4.78, 5) is 4.31. The van der Waals surface area contributed by atoms with Crippen LogP contribution in [0.25, 0.3) is 23.1 Å². The topological polar surface area (TPSA) is 50.8 Å². The fraction of sp³-hybridized carbons (Fsp3) is 0.0909. The second-order valence-electron chi connectivity index (χ2n) is 6.11. The van der Waals surface area contributed by atoms with Gasteiger partial charge in [0.05, 0.1) is 24.0 Å². The van der Waals surface area contributed by atoms with E-state index in [4.69, 9.17) is 4.74 Å². The minimum Gasteiger partial charge on any atom is -0.497 e. The lowest BCUT2D eigenvalue weighted by atomic mass is 10.0. The molecular formula is C22H19N3O. The van der Waals surface area contributed by atoms with Gasteiger partial charge in [-0.05, 0) is 66.1 Å². The summed E-state index contributed by atoms with van der Waals surface area (Å²) in [5, 5.41) is 8.61. The largest absolute Gasteiger partial charge is 0.497 e. The van der Waals surface area contributed by atoms with E-state index >= 15 is 0 Å². The Morgan fingerprint density at radius 1 is 0.962 bits per heavy atom. The van der Waals surface area contributed by atoms with Crippen LogP contribution < -0.4 is 4.74 Å². The molecule has 2 aromatic carbocycles. The molecule has 26 heavy (non-hydrogen) atoms. The summed E-state index contributed by atoms with van der Waals surface area (Å²) in [6.07, 6.45) is 6.65. The first-order valence-corrected chi connectivity index (χ1v) is 8.51. The van der Waals surface area contributed by atoms with Crippen molar-refractivity contribution in [1.82, 2.24) is 15.2 Å². The van der Waals surface area contributed by atoms with E-state index < -0.39 is 0 Å². The van der Waals surface area contributed by atoms with Gasteiger partial charge in [-0.1, -0.05) is 24.3 Å². The van der Waals surface area contributed by atoms with E-state index in [1.807, 2.05) is 42.5 Å². The van der Waals surface area contributed by atoms with Crippen LogP contribution in [0.3, 0.4) is 0 Å². The molecule has 0 aliphatic rings. The first-order valence-electron chi connectivity index (χ1n) is 8.51. The highest BCUT2D eigenvalue weighted by atomic mass is 16.5. The molecule has 4 aromatic rings. The number of hydrogen-bond acceptors (Lipinski definition) is 3. The number of rotatable bonds is 5. The summed E-state index contributed by atoms with van der Waals surface area (Å²) in [5.41, 5.74) is 5.32. The van der Waals surface area contributed by atoms with Gasteiger partial charge in [-0.25, -0.2) is 0 Å². The molecule has 2 aromatic heterocycles. The van der Waals surface area contributed by atoms with Gasteiger partial charge in [0.1, 0.15) is 5.75 Å². The van der Waals surface area contributed by atoms with Crippen LogP contribution in [0.1, 0.15) is 22.5 Å². The van der Waals surface area contributed by atoms with Gasteiger partial charge in [0.2, 0.25) is 0 Å². The summed E-state index contributed by atoms with van der Waals surface area (Å²) in [6, 6.07) is 20.4. The SMILES string of the molecule is COc1cccc(Cc2ccc3n[nH]c(/C=C/c4ccccn4)c3c2)c1. The Kier molecular flexibility index (Phi) is 4.48. The molecule has 0 spiro atoms. The van der Waals surface area contributed by atoms with Gasteiger partial charge < -0.3 is 4.74 Å². The lowest BCUT2D eigenvalue weighted by Crippen LogP contribution is -1.90. The molecule has 0 fully saturated rings. The van der Waals surface area contributed by atoms with Gasteiger partial charge in [-0.3, -0.25) is 10.1 Å². The van der Waals surface area contributed by atoms with Crippen LogP contribution in [0.5, 0.6) is 5.75 Å². The molecule has 0 aliphatic carbocycles. The average molecular weight is 341 g/mol. The summed E-state index contributed by atoms with van der Waals surface area (Å²) < 4.78 is 5.31. The van der Waals surface area contributed by atoms with Gasteiger partial charge in [0.25, 0.3) is 0 Å². The average Bonchev–Trinajstić information content (AvgIpc) is 3.09. The third-order valence-electron chi connectivity index (χ3n) is 4.30. The number of nitrogens with zero attached hydrogens (tertiary/aromatic N) is 2. The Balaban J connectivity index is 1.63. The van der Waals surface area contributed by atoms with E-state index in [9.17, 15) is 0 Å². The van der Waals surface area contributed by atoms with Crippen molar-refractivity contribution in [3.8, 4) is 5.75 Å². The number of hydrogen-bond donors (Lipinski definition) is 1. The molecule has 2 heterocycles. The standard InChI is InChI=1S/C22H19N3O/c1-26-19-7-4-5-16(14-19)13-17-8-10-21-20(15-17)22(25-24-21)11-9-18-6-2-3-12-23-18/h2-12,14-15H,13H2,1H3,(H,24,25)/b11-9+. The highest BCUT2D eigenvalue weighted by Crippen LogP contribution is 2.22. The molecule has 0 amide bonds. The van der Waals surface area contributed by atoms with Crippen LogP contribution in [0, 0.1) is 0 Å². The molecule has 0 saturated carbocycles. The van der Waals surface area contributed by atoms with Crippen LogP contribution in [-0.2, 0) is 6.42 Å². The number of aromatic amines is 1. The maximum Gasteiger partial charge on any atom is 0.119 e. The highest BCUT2D eigenvalue weighted by Gasteiger charge is 2.05. The van der Waals surface area contributed by atoms with E-state index in [1.165, 1.54) is 11.1 Å². The minimum absolute atomic E-state index is 0.849. The van der Waals surface area contributed by atoms with Gasteiger partial charge in [0.15, 0.2) is 0 Å². The van der Waals surface area contributed by atoms with Crippen LogP contribution in [0.2, 0.25) is 0 Å². The number of H-pyrrole nitrogens is 1. The molecule has 1 N–H and O–H groups in total. The van der Waals surface area contributed by atoms with Crippen molar-refractivity contribution in [3.63, 3.8) is 0 Å². The van der Waals surface area contributed by atoms with Crippen molar-refractivity contribution >= 4 is 23.1 Å². The van der Waals surface area contributed by atoms with Gasteiger partial charge >= 0.3 is 0 Å². The van der Waals surface area contributed by atoms with Crippen LogP contribution in [-0.4, -0.2) is 22.3 Å². The number of pyridine rings is 1. The third-order valence-corrected chi connectivity index (χ3v) is 4.30. The lowest BCUT2D eigenvalue weighted by Gasteiger charge is -2.05. The Hall–Kier alpha value is -3.40. The van der Waals surface area contributed by atoms with Gasteiger partial charge in [-0.2, -0.15) is 5.10 Å². The zero-order valence-corrected chi connectivity index (χ0v) is 14.5. The number of aromatic nitrogens is 3. The summed E-state index contributed by atoms with van der Waals surface area (Å²) in [6.45, 7) is 0. The Bertz CT molecular complexity index is 1050. The van der Waals surface area contributed by atoms with Gasteiger partial charge in [0, 0.05) is 11.6 Å². The van der Waals surface area contributed by atoms with Crippen LogP contribution >= 0.6 is 0 Å². The van der Waals surface area contributed by atoms with E-state index in [1.54, 1.807) is 13.3 Å². The van der Waals surface area contributed by atoms with Crippen molar-refractivity contribution in [3.05, 3.63) is 89.4 Å². The fourth-order valence-electron chi connectivity index (χ4n) is 2.98. The van der Waals surface area contributed by atoms with Gasteiger partial charge in [-0.15, -0.1) is 0 Å². The number of benzene rings is 2. The Morgan fingerprint density at radius 2 is 1.88 bits per heavy atom. The number of nitrogens with one attached hydrogen (secondary N) is 1. The number of fused-ring (bicyclic) bond motifs is 1. The number of methoxy groups -OCH3 is 1. The third kappa shape index (κ3) is 3.49. The minimum atomic E-state index is 0.849. The molecule has 0 saturated heterocycles. The van der Waals surface area contributed by atoms with Crippen molar-refractivity contribution < 1.29 is 4.74 Å². The zero-order chi connectivity index (χ0) is 17.8. The zero-order valence-electron chi connectivity index (χ0n) is 14.5. The van der Waals surface area contributed by atoms with E-state index in [0.717, 1.165) is 34.5 Å². The second kappa shape index (κ2) is 7.23. The maximum absolute atomic E-state index is 5.31. The molecular weight excluding hydrogens is 322 g/mol. The van der Waals surface area contributed by atoms with Crippen LogP contribution in [0.4, 0.5) is 0 Å². The lowest BCUT2D eigenvalue weighted by molar-refractivity contribution is 0.414. The first kappa shape index (κ1) is 16.1. The summed E-state index contributed by atoms with van der Waals surface area (Å²) >= 11 is 0. The molecule has 4 heteroatoms. The van der Waals surface area contributed by atoms with E-state index in [-0.39, 0.29) is 0 Å². The monoisotopic (exact) mass is 341 g/mol. The molecule has 4 rings (SSSR count). The first-order chi connectivity index (χ1) is 12.8. The molecule has 0 unspecified atom stereocenters. The van der Waals surface area contributed by atoms with E-state index in [0.29, 0.717) is 0 Å². The van der Waals surface area contributed by atoms with E-state index in [2.05, 4.69) is 45.5 Å². The molecule has 0 aliphatic heterocycles. The molecule has 0 atom stereocenters. The quantitative estimate of drug-likeness (QED) is 0.571. The van der Waals surface area contributed by atoms with Crippen molar-refractivity contribution in [2.75, 3.05) is 7.11 Å². The maximum atomic E-state index is 5.31. The van der Waals surface area contributed by atoms with Crippen molar-refractivity contribution in [2.24, 2.45) is 0 Å². The molecule has 128 valence electrons. The second-order valence-corrected chi connectivity index (χ2v) is 6.11. The molecule has 0 bridgehead atoms. The van der Waals surface area contributed by atoms with Crippen molar-refractivity contribution in [1.29, 1.82) is 0 Å². The Labute approximate surface area is 152 Å². The smallest absolute Gasteiger partial charge is 0.119 e. The van der Waals surface area contributed by atoms with Crippen LogP contribution in [0.15, 0.2) is 66.9 Å².